The molecule has 0 aliphatic heterocycles. The zero-order chi connectivity index (χ0) is 16.7. The Morgan fingerprint density at radius 3 is 2.83 bits per heavy atom. The standard InChI is InChI=1S/C17H22N4O2/c1-4-5-9-18-17(22)15-11-16(20-12(2)19-15)21-13-7-6-8-14(10-13)23-3/h6-8,10-11H,4-5,9H2,1-3H3,(H,18,22)(H,19,20,21). The molecule has 1 aromatic heterocycles. The number of unbranched alkanes of at least 4 members (excludes halogenated alkanes) is 1. The maximum absolute atomic E-state index is 12.1. The van der Waals surface area contributed by atoms with Gasteiger partial charge in [-0.2, -0.15) is 0 Å². The summed E-state index contributed by atoms with van der Waals surface area (Å²) in [6.45, 7) is 4.49. The van der Waals surface area contributed by atoms with Crippen LogP contribution in [0.4, 0.5) is 11.5 Å². The zero-order valence-corrected chi connectivity index (χ0v) is 13.7. The molecule has 0 spiro atoms. The Labute approximate surface area is 136 Å². The van der Waals surface area contributed by atoms with Crippen LogP contribution in [0.3, 0.4) is 0 Å². The van der Waals surface area contributed by atoms with Crippen molar-refractivity contribution in [3.8, 4) is 5.75 Å². The van der Waals surface area contributed by atoms with Gasteiger partial charge in [0.15, 0.2) is 0 Å². The molecule has 1 aromatic carbocycles. The molecule has 6 nitrogen and oxygen atoms in total. The average Bonchev–Trinajstić information content (AvgIpc) is 2.54. The van der Waals surface area contributed by atoms with Crippen LogP contribution in [0.1, 0.15) is 36.1 Å². The SMILES string of the molecule is CCCCNC(=O)c1cc(Nc2cccc(OC)c2)nc(C)n1. The summed E-state index contributed by atoms with van der Waals surface area (Å²) in [5.74, 6) is 1.68. The largest absolute Gasteiger partial charge is 0.497 e. The van der Waals surface area contributed by atoms with Crippen molar-refractivity contribution in [3.05, 3.63) is 41.9 Å². The predicted octanol–water partition coefficient (Wildman–Crippen LogP) is 3.07. The number of benzene rings is 1. The molecule has 23 heavy (non-hydrogen) atoms. The predicted molar refractivity (Wildman–Crippen MR) is 90.3 cm³/mol. The fourth-order valence-electron chi connectivity index (χ4n) is 2.07. The maximum atomic E-state index is 12.1. The van der Waals surface area contributed by atoms with Gasteiger partial charge in [0.2, 0.25) is 0 Å². The summed E-state index contributed by atoms with van der Waals surface area (Å²) < 4.78 is 5.20. The van der Waals surface area contributed by atoms with E-state index >= 15 is 0 Å². The summed E-state index contributed by atoms with van der Waals surface area (Å²) in [5.41, 5.74) is 1.19. The van der Waals surface area contributed by atoms with E-state index in [1.54, 1.807) is 20.1 Å². The highest BCUT2D eigenvalue weighted by atomic mass is 16.5. The second kappa shape index (κ2) is 8.12. The summed E-state index contributed by atoms with van der Waals surface area (Å²) in [7, 11) is 1.62. The number of methoxy groups -OCH3 is 1. The number of nitrogens with one attached hydrogen (secondary N) is 2. The molecule has 0 bridgehead atoms. The maximum Gasteiger partial charge on any atom is 0.270 e. The lowest BCUT2D eigenvalue weighted by Gasteiger charge is -2.10. The fourth-order valence-corrected chi connectivity index (χ4v) is 2.07. The van der Waals surface area contributed by atoms with Crippen molar-refractivity contribution in [2.45, 2.75) is 26.7 Å². The van der Waals surface area contributed by atoms with Crippen LogP contribution in [0.2, 0.25) is 0 Å². The third-order valence-electron chi connectivity index (χ3n) is 3.23. The number of hydrogen-bond acceptors (Lipinski definition) is 5. The highest BCUT2D eigenvalue weighted by Gasteiger charge is 2.10. The normalized spacial score (nSPS) is 10.2. The minimum atomic E-state index is -0.183. The van der Waals surface area contributed by atoms with Crippen LogP contribution < -0.4 is 15.4 Å². The van der Waals surface area contributed by atoms with E-state index in [4.69, 9.17) is 4.74 Å². The van der Waals surface area contributed by atoms with Crippen molar-refractivity contribution >= 4 is 17.4 Å². The van der Waals surface area contributed by atoms with Crippen LogP contribution in [-0.2, 0) is 0 Å². The Kier molecular flexibility index (Phi) is 5.91. The summed E-state index contributed by atoms with van der Waals surface area (Å²) in [6.07, 6.45) is 1.98. The Bertz CT molecular complexity index is 673. The molecule has 0 aliphatic carbocycles. The molecule has 1 amide bonds. The smallest absolute Gasteiger partial charge is 0.270 e. The highest BCUT2D eigenvalue weighted by Crippen LogP contribution is 2.20. The Balaban J connectivity index is 2.14. The van der Waals surface area contributed by atoms with Gasteiger partial charge >= 0.3 is 0 Å². The van der Waals surface area contributed by atoms with Crippen LogP contribution in [0, 0.1) is 6.92 Å². The quantitative estimate of drug-likeness (QED) is 0.768. The first-order chi connectivity index (χ1) is 11.1. The van der Waals surface area contributed by atoms with Gasteiger partial charge in [0, 0.05) is 24.4 Å². The van der Waals surface area contributed by atoms with Gasteiger partial charge in [-0.25, -0.2) is 9.97 Å². The monoisotopic (exact) mass is 314 g/mol. The number of carbonyl (C=O) groups excluding carboxylic acids is 1. The molecule has 6 heteroatoms. The van der Waals surface area contributed by atoms with E-state index in [0.717, 1.165) is 24.3 Å². The van der Waals surface area contributed by atoms with Crippen molar-refractivity contribution in [2.75, 3.05) is 19.0 Å². The van der Waals surface area contributed by atoms with Gasteiger partial charge in [0.25, 0.3) is 5.91 Å². The minimum absolute atomic E-state index is 0.183. The molecule has 0 aliphatic rings. The van der Waals surface area contributed by atoms with E-state index in [1.165, 1.54) is 0 Å². The molecule has 0 fully saturated rings. The van der Waals surface area contributed by atoms with Crippen molar-refractivity contribution in [1.82, 2.24) is 15.3 Å². The first-order valence-corrected chi connectivity index (χ1v) is 7.67. The van der Waals surface area contributed by atoms with Crippen LogP contribution >= 0.6 is 0 Å². The van der Waals surface area contributed by atoms with Gasteiger partial charge in [-0.05, 0) is 25.5 Å². The second-order valence-electron chi connectivity index (χ2n) is 5.15. The molecule has 1 heterocycles. The number of hydrogen-bond donors (Lipinski definition) is 2. The van der Waals surface area contributed by atoms with Crippen LogP contribution in [0.25, 0.3) is 0 Å². The number of amides is 1. The number of rotatable bonds is 7. The molecular weight excluding hydrogens is 292 g/mol. The van der Waals surface area contributed by atoms with Crippen molar-refractivity contribution in [2.24, 2.45) is 0 Å². The van der Waals surface area contributed by atoms with E-state index in [1.807, 2.05) is 24.3 Å². The van der Waals surface area contributed by atoms with Crippen molar-refractivity contribution in [1.29, 1.82) is 0 Å². The van der Waals surface area contributed by atoms with Gasteiger partial charge in [0.05, 0.1) is 7.11 Å². The summed E-state index contributed by atoms with van der Waals surface area (Å²) in [4.78, 5) is 20.6. The summed E-state index contributed by atoms with van der Waals surface area (Å²) in [5, 5.41) is 6.03. The van der Waals surface area contributed by atoms with Crippen molar-refractivity contribution < 1.29 is 9.53 Å². The van der Waals surface area contributed by atoms with E-state index in [2.05, 4.69) is 27.5 Å². The molecule has 2 aromatic rings. The van der Waals surface area contributed by atoms with Gasteiger partial charge in [-0.1, -0.05) is 19.4 Å². The Morgan fingerprint density at radius 1 is 1.26 bits per heavy atom. The molecule has 2 rings (SSSR count). The van der Waals surface area contributed by atoms with E-state index in [9.17, 15) is 4.79 Å². The molecule has 122 valence electrons. The van der Waals surface area contributed by atoms with Gasteiger partial charge in [-0.3, -0.25) is 4.79 Å². The lowest BCUT2D eigenvalue weighted by atomic mass is 10.3. The Hall–Kier alpha value is -2.63. The third kappa shape index (κ3) is 4.95. The van der Waals surface area contributed by atoms with Gasteiger partial charge in [-0.15, -0.1) is 0 Å². The van der Waals surface area contributed by atoms with Gasteiger partial charge in [0.1, 0.15) is 23.1 Å². The van der Waals surface area contributed by atoms with Crippen LogP contribution in [0.5, 0.6) is 5.75 Å². The second-order valence-corrected chi connectivity index (χ2v) is 5.15. The third-order valence-corrected chi connectivity index (χ3v) is 3.23. The summed E-state index contributed by atoms with van der Waals surface area (Å²) in [6, 6.07) is 9.16. The van der Waals surface area contributed by atoms with Crippen LogP contribution in [0.15, 0.2) is 30.3 Å². The number of ether oxygens (including phenoxy) is 1. The minimum Gasteiger partial charge on any atom is -0.497 e. The molecule has 0 saturated carbocycles. The molecule has 0 unspecified atom stereocenters. The lowest BCUT2D eigenvalue weighted by Crippen LogP contribution is -2.25. The number of carbonyl (C=O) groups is 1. The molecule has 0 saturated heterocycles. The first kappa shape index (κ1) is 16.7. The Morgan fingerprint density at radius 2 is 2.09 bits per heavy atom. The average molecular weight is 314 g/mol. The topological polar surface area (TPSA) is 76.1 Å². The van der Waals surface area contributed by atoms with Gasteiger partial charge < -0.3 is 15.4 Å². The number of aromatic nitrogens is 2. The summed E-state index contributed by atoms with van der Waals surface area (Å²) >= 11 is 0. The molecule has 2 N–H and O–H groups in total. The van der Waals surface area contributed by atoms with E-state index in [-0.39, 0.29) is 5.91 Å². The van der Waals surface area contributed by atoms with Crippen LogP contribution in [-0.4, -0.2) is 29.5 Å². The zero-order valence-electron chi connectivity index (χ0n) is 13.7. The lowest BCUT2D eigenvalue weighted by molar-refractivity contribution is 0.0948. The number of aryl methyl sites for hydroxylation is 1. The first-order valence-electron chi connectivity index (χ1n) is 7.67. The molecular formula is C17H22N4O2. The fraction of sp³-hybridized carbons (Fsp3) is 0.353. The van der Waals surface area contributed by atoms with E-state index < -0.39 is 0 Å². The number of nitrogens with zero attached hydrogens (tertiary/aromatic N) is 2. The van der Waals surface area contributed by atoms with E-state index in [0.29, 0.717) is 23.9 Å². The van der Waals surface area contributed by atoms with Crippen molar-refractivity contribution in [3.63, 3.8) is 0 Å². The molecule has 0 radical (unpaired) electrons. The highest BCUT2D eigenvalue weighted by molar-refractivity contribution is 5.93. The number of anilines is 2. The molecule has 0 atom stereocenters.